The molecule has 6 aliphatic rings. The maximum Gasteiger partial charge on any atom is 0.223 e. The highest BCUT2D eigenvalue weighted by molar-refractivity contribution is 5.78. The summed E-state index contributed by atoms with van der Waals surface area (Å²) in [7, 11) is 0. The molecule has 37 heavy (non-hydrogen) atoms. The van der Waals surface area contributed by atoms with E-state index in [-0.39, 0.29) is 48.1 Å². The average molecular weight is 518 g/mol. The lowest BCUT2D eigenvalue weighted by Crippen LogP contribution is -2.66. The van der Waals surface area contributed by atoms with Crippen molar-refractivity contribution < 1.29 is 9.53 Å². The molecule has 0 spiro atoms. The maximum atomic E-state index is 12.9. The Labute approximate surface area is 222 Å². The van der Waals surface area contributed by atoms with Gasteiger partial charge in [0.2, 0.25) is 5.91 Å². The summed E-state index contributed by atoms with van der Waals surface area (Å²) in [6.45, 7) is 6.89. The van der Waals surface area contributed by atoms with Crippen LogP contribution in [-0.4, -0.2) is 80.2 Å². The molecule has 9 N–H and O–H groups in total. The zero-order chi connectivity index (χ0) is 25.7. The topological polar surface area (TPSA) is 144 Å². The molecule has 6 rings (SSSR count). The maximum absolute atomic E-state index is 12.9. The molecular weight excluding hydrogens is 466 g/mol. The van der Waals surface area contributed by atoms with Gasteiger partial charge in [0.1, 0.15) is 6.23 Å². The molecule has 0 aromatic rings. The number of primary amides is 1. The quantitative estimate of drug-likeness (QED) is 0.267. The highest BCUT2D eigenvalue weighted by Crippen LogP contribution is 2.51. The zero-order valence-corrected chi connectivity index (χ0v) is 22.7. The van der Waals surface area contributed by atoms with Gasteiger partial charge in [-0.1, -0.05) is 6.92 Å². The fraction of sp³-hybridized carbons (Fsp3) is 0.964. The summed E-state index contributed by atoms with van der Waals surface area (Å²) >= 11 is 0. The number of rotatable bonds is 8. The van der Waals surface area contributed by atoms with Crippen molar-refractivity contribution >= 4 is 5.91 Å². The minimum absolute atomic E-state index is 0.122. The first-order valence-electron chi connectivity index (χ1n) is 15.3. The lowest BCUT2D eigenvalue weighted by molar-refractivity contribution is -0.123. The summed E-state index contributed by atoms with van der Waals surface area (Å²) < 4.78 is 6.08. The van der Waals surface area contributed by atoms with Gasteiger partial charge in [-0.15, -0.1) is 0 Å². The number of hydrogen-bond donors (Lipinski definition) is 6. The van der Waals surface area contributed by atoms with Crippen molar-refractivity contribution in [1.29, 1.82) is 0 Å². The Hall–Kier alpha value is -0.810. The van der Waals surface area contributed by atoms with E-state index in [1.807, 2.05) is 0 Å². The number of ether oxygens (including phenoxy) is 1. The summed E-state index contributed by atoms with van der Waals surface area (Å²) in [5, 5.41) is 11.3. The number of nitrogens with two attached hydrogens (primary N) is 3. The summed E-state index contributed by atoms with van der Waals surface area (Å²) in [6.07, 6.45) is 9.28. The van der Waals surface area contributed by atoms with E-state index < -0.39 is 0 Å². The van der Waals surface area contributed by atoms with Crippen molar-refractivity contribution in [2.45, 2.75) is 94.9 Å². The van der Waals surface area contributed by atoms with Gasteiger partial charge in [0.15, 0.2) is 0 Å². The van der Waals surface area contributed by atoms with Gasteiger partial charge in [-0.3, -0.25) is 15.0 Å². The lowest BCUT2D eigenvalue weighted by Gasteiger charge is -2.54. The number of likely N-dealkylation sites (tertiary alicyclic amines) is 1. The monoisotopic (exact) mass is 517 g/mol. The molecule has 0 aromatic heterocycles. The molecule has 9 nitrogen and oxygen atoms in total. The Kier molecular flexibility index (Phi) is 7.84. The second-order valence-corrected chi connectivity index (χ2v) is 13.3. The van der Waals surface area contributed by atoms with Crippen LogP contribution in [-0.2, 0) is 9.53 Å². The third-order valence-corrected chi connectivity index (χ3v) is 11.0. The van der Waals surface area contributed by atoms with E-state index >= 15 is 0 Å². The van der Waals surface area contributed by atoms with Crippen LogP contribution >= 0.6 is 0 Å². The number of carbonyl (C=O) groups is 1. The molecule has 6 fully saturated rings. The average Bonchev–Trinajstić information content (AvgIpc) is 3.66. The lowest BCUT2D eigenvalue weighted by atomic mass is 9.69. The molecule has 0 aromatic carbocycles. The standard InChI is InChI=1S/C28H51N7O2/c1-15-5-8-21(34-22-4-2-3-9-37-22)19(11-29)25(15)35-26-18(10-16-12-32-13-16)24(17-6-7-17)33-14-20(26)23(27(35)30)28(31)36/h15-27,32-34H,2-14,29-30H2,1H3,(H2,31,36). The number of fused-ring (bicyclic) bond motifs is 1. The molecule has 9 heteroatoms. The predicted octanol–water partition coefficient (Wildman–Crippen LogP) is 0.139. The molecule has 4 aliphatic heterocycles. The van der Waals surface area contributed by atoms with Crippen molar-refractivity contribution in [2.75, 3.05) is 32.8 Å². The minimum Gasteiger partial charge on any atom is -0.369 e. The van der Waals surface area contributed by atoms with Gasteiger partial charge in [-0.25, -0.2) is 0 Å². The first-order valence-corrected chi connectivity index (χ1v) is 15.3. The molecule has 210 valence electrons. The molecule has 4 saturated heterocycles. The van der Waals surface area contributed by atoms with Gasteiger partial charge >= 0.3 is 0 Å². The Morgan fingerprint density at radius 3 is 2.49 bits per heavy atom. The first-order chi connectivity index (χ1) is 18.0. The van der Waals surface area contributed by atoms with Crippen LogP contribution in [0.3, 0.4) is 0 Å². The molecule has 0 bridgehead atoms. The third-order valence-electron chi connectivity index (χ3n) is 11.0. The number of piperidine rings is 1. The van der Waals surface area contributed by atoms with E-state index in [1.165, 1.54) is 25.7 Å². The van der Waals surface area contributed by atoms with E-state index in [4.69, 9.17) is 21.9 Å². The van der Waals surface area contributed by atoms with Crippen molar-refractivity contribution in [1.82, 2.24) is 20.9 Å². The van der Waals surface area contributed by atoms with Crippen molar-refractivity contribution in [3.63, 3.8) is 0 Å². The molecule has 11 unspecified atom stereocenters. The van der Waals surface area contributed by atoms with Crippen LogP contribution in [0.2, 0.25) is 0 Å². The molecule has 1 amide bonds. The number of amides is 1. The van der Waals surface area contributed by atoms with Gasteiger partial charge in [0, 0.05) is 49.2 Å². The highest BCUT2D eigenvalue weighted by atomic mass is 16.5. The fourth-order valence-electron chi connectivity index (χ4n) is 9.05. The van der Waals surface area contributed by atoms with Crippen LogP contribution in [0, 0.1) is 41.4 Å². The van der Waals surface area contributed by atoms with Crippen molar-refractivity contribution in [3.8, 4) is 0 Å². The van der Waals surface area contributed by atoms with E-state index in [2.05, 4.69) is 27.8 Å². The largest absolute Gasteiger partial charge is 0.369 e. The van der Waals surface area contributed by atoms with Gasteiger partial charge in [0.25, 0.3) is 0 Å². The molecule has 11 atom stereocenters. The Bertz CT molecular complexity index is 801. The second kappa shape index (κ2) is 11.0. The Morgan fingerprint density at radius 2 is 1.86 bits per heavy atom. The van der Waals surface area contributed by atoms with Crippen molar-refractivity contribution in [3.05, 3.63) is 0 Å². The highest BCUT2D eigenvalue weighted by Gasteiger charge is 2.61. The first kappa shape index (κ1) is 26.4. The van der Waals surface area contributed by atoms with Gasteiger partial charge in [-0.2, -0.15) is 0 Å². The van der Waals surface area contributed by atoms with Crippen LogP contribution in [0.5, 0.6) is 0 Å². The third kappa shape index (κ3) is 4.98. The van der Waals surface area contributed by atoms with Gasteiger partial charge in [0.05, 0.1) is 12.1 Å². The van der Waals surface area contributed by atoms with Gasteiger partial charge < -0.3 is 32.6 Å². The summed E-state index contributed by atoms with van der Waals surface area (Å²) in [4.78, 5) is 15.5. The number of nitrogens with one attached hydrogen (secondary N) is 3. The van der Waals surface area contributed by atoms with Crippen LogP contribution in [0.1, 0.15) is 58.3 Å². The Balaban J connectivity index is 1.32. The number of hydrogen-bond acceptors (Lipinski definition) is 8. The predicted molar refractivity (Wildman–Crippen MR) is 144 cm³/mol. The van der Waals surface area contributed by atoms with Crippen LogP contribution in [0.15, 0.2) is 0 Å². The molecule has 4 heterocycles. The number of nitrogens with zero attached hydrogens (tertiary/aromatic N) is 1. The zero-order valence-electron chi connectivity index (χ0n) is 22.7. The van der Waals surface area contributed by atoms with Crippen molar-refractivity contribution in [2.24, 2.45) is 58.6 Å². The van der Waals surface area contributed by atoms with Crippen LogP contribution in [0.4, 0.5) is 0 Å². The van der Waals surface area contributed by atoms with Gasteiger partial charge in [-0.05, 0) is 94.7 Å². The minimum atomic E-state index is -0.347. The SMILES string of the molecule is CC1CCC(NC2CCCCO2)C(CN)C1N1C(N)C(C(N)=O)C2CNC(C3CC3)C(CC3CNC3)C21. The second-order valence-electron chi connectivity index (χ2n) is 13.3. The number of carbonyl (C=O) groups excluding carboxylic acids is 1. The molecule has 2 saturated carbocycles. The molecule has 0 radical (unpaired) electrons. The Morgan fingerprint density at radius 1 is 1.05 bits per heavy atom. The van der Waals surface area contributed by atoms with Crippen LogP contribution in [0.25, 0.3) is 0 Å². The smallest absolute Gasteiger partial charge is 0.223 e. The van der Waals surface area contributed by atoms with Crippen LogP contribution < -0.4 is 33.2 Å². The summed E-state index contributed by atoms with van der Waals surface area (Å²) in [5.74, 6) is 2.32. The molecular formula is C28H51N7O2. The van der Waals surface area contributed by atoms with E-state index in [9.17, 15) is 4.79 Å². The van der Waals surface area contributed by atoms with E-state index in [1.54, 1.807) is 0 Å². The summed E-state index contributed by atoms with van der Waals surface area (Å²) in [6, 6.07) is 1.35. The summed E-state index contributed by atoms with van der Waals surface area (Å²) in [5.41, 5.74) is 19.8. The fourth-order valence-corrected chi connectivity index (χ4v) is 9.05. The van der Waals surface area contributed by atoms with E-state index in [0.717, 1.165) is 57.8 Å². The molecule has 2 aliphatic carbocycles. The normalized spacial score (nSPS) is 47.4. The van der Waals surface area contributed by atoms with E-state index in [0.29, 0.717) is 36.4 Å².